The third-order valence-corrected chi connectivity index (χ3v) is 8.18. The molecule has 3 heterocycles. The molecule has 0 spiro atoms. The molecule has 0 aliphatic heterocycles. The van der Waals surface area contributed by atoms with Crippen molar-refractivity contribution in [3.05, 3.63) is 132 Å². The molecule has 6 heteroatoms. The van der Waals surface area contributed by atoms with Crippen molar-refractivity contribution >= 4 is 21.8 Å². The number of pyridine rings is 1. The first-order valence-electron chi connectivity index (χ1n) is 15.1. The fraction of sp³-hybridized carbons (Fsp3) is 0.158. The van der Waals surface area contributed by atoms with Crippen molar-refractivity contribution in [2.75, 3.05) is 0 Å². The van der Waals surface area contributed by atoms with Crippen LogP contribution in [-0.2, 0) is 6.42 Å². The molecule has 5 nitrogen and oxygen atoms in total. The van der Waals surface area contributed by atoms with Crippen LogP contribution >= 0.6 is 0 Å². The van der Waals surface area contributed by atoms with E-state index in [1.807, 2.05) is 76.1 Å². The number of hydrogen-bond donors (Lipinski definition) is 0. The molecule has 44 heavy (non-hydrogen) atoms. The smallest absolute Gasteiger partial charge is 0.140 e. The summed E-state index contributed by atoms with van der Waals surface area (Å²) in [7, 11) is 0. The van der Waals surface area contributed by atoms with Gasteiger partial charge in [0, 0.05) is 46.9 Å². The molecule has 7 rings (SSSR count). The number of fused-ring (bicyclic) bond motifs is 3. The average Bonchev–Trinajstić information content (AvgIpc) is 3.63. The number of aryl methyl sites for hydroxylation is 3. The molecule has 0 fully saturated rings. The van der Waals surface area contributed by atoms with E-state index in [-0.39, 0.29) is 5.82 Å². The zero-order chi connectivity index (χ0) is 30.2. The quantitative estimate of drug-likeness (QED) is 0.180. The van der Waals surface area contributed by atoms with Crippen LogP contribution in [0.5, 0.6) is 11.5 Å². The van der Waals surface area contributed by atoms with Gasteiger partial charge in [0.1, 0.15) is 23.1 Å². The van der Waals surface area contributed by atoms with E-state index >= 15 is 0 Å². The lowest BCUT2D eigenvalue weighted by Crippen LogP contribution is -1.98. The first-order chi connectivity index (χ1) is 21.5. The van der Waals surface area contributed by atoms with Gasteiger partial charge in [0.05, 0.1) is 22.9 Å². The highest BCUT2D eigenvalue weighted by Crippen LogP contribution is 2.35. The van der Waals surface area contributed by atoms with Crippen LogP contribution in [0.15, 0.2) is 110 Å². The Balaban J connectivity index is 1.21. The molecule has 0 radical (unpaired) electrons. The van der Waals surface area contributed by atoms with Gasteiger partial charge in [0.2, 0.25) is 0 Å². The Morgan fingerprint density at radius 1 is 0.795 bits per heavy atom. The minimum Gasteiger partial charge on any atom is -0.457 e. The Labute approximate surface area is 256 Å². The van der Waals surface area contributed by atoms with E-state index in [0.29, 0.717) is 17.3 Å². The van der Waals surface area contributed by atoms with Crippen LogP contribution in [0.2, 0.25) is 0 Å². The number of para-hydroxylation sites is 1. The van der Waals surface area contributed by atoms with E-state index < -0.39 is 0 Å². The first-order valence-corrected chi connectivity index (χ1v) is 15.1. The third kappa shape index (κ3) is 5.13. The molecule has 0 aliphatic carbocycles. The van der Waals surface area contributed by atoms with Crippen molar-refractivity contribution in [2.45, 2.75) is 40.0 Å². The summed E-state index contributed by atoms with van der Waals surface area (Å²) in [5.74, 6) is 1.55. The third-order valence-electron chi connectivity index (χ3n) is 8.18. The van der Waals surface area contributed by atoms with Crippen LogP contribution in [0.1, 0.15) is 36.5 Å². The number of benzene rings is 4. The summed E-state index contributed by atoms with van der Waals surface area (Å²) in [4.78, 5) is 4.46. The van der Waals surface area contributed by atoms with Crippen LogP contribution in [0.4, 0.5) is 4.39 Å². The molecule has 0 N–H and O–H groups in total. The van der Waals surface area contributed by atoms with E-state index in [0.717, 1.165) is 39.5 Å². The molecule has 0 atom stereocenters. The van der Waals surface area contributed by atoms with Crippen LogP contribution in [0.3, 0.4) is 0 Å². The summed E-state index contributed by atoms with van der Waals surface area (Å²) in [5, 5.41) is 6.81. The van der Waals surface area contributed by atoms with Crippen molar-refractivity contribution in [2.24, 2.45) is 0 Å². The molecule has 218 valence electrons. The van der Waals surface area contributed by atoms with Crippen LogP contribution < -0.4 is 4.74 Å². The predicted molar refractivity (Wildman–Crippen MR) is 176 cm³/mol. The lowest BCUT2D eigenvalue weighted by atomic mass is 9.94. The van der Waals surface area contributed by atoms with E-state index in [4.69, 9.17) is 9.84 Å². The SMILES string of the molecule is CCCCc1cc(C)c(-c2cnn(-c3cccc(Oc4ccc5c6ccccc6n(-c6cc(F)ccn6)c5c4)c3)c2)c(C)c1. The molecule has 4 aromatic carbocycles. The maximum atomic E-state index is 14.2. The van der Waals surface area contributed by atoms with E-state index in [1.165, 1.54) is 53.4 Å². The fourth-order valence-electron chi connectivity index (χ4n) is 6.23. The van der Waals surface area contributed by atoms with Crippen molar-refractivity contribution < 1.29 is 9.13 Å². The topological polar surface area (TPSA) is 44.9 Å². The van der Waals surface area contributed by atoms with Gasteiger partial charge >= 0.3 is 0 Å². The highest BCUT2D eigenvalue weighted by Gasteiger charge is 2.15. The molecule has 0 saturated heterocycles. The monoisotopic (exact) mass is 580 g/mol. The molecule has 0 amide bonds. The molecule has 3 aromatic heterocycles. The number of hydrogen-bond acceptors (Lipinski definition) is 3. The fourth-order valence-corrected chi connectivity index (χ4v) is 6.23. The van der Waals surface area contributed by atoms with Crippen LogP contribution in [-0.4, -0.2) is 19.3 Å². The Morgan fingerprint density at radius 3 is 2.41 bits per heavy atom. The van der Waals surface area contributed by atoms with Crippen LogP contribution in [0.25, 0.3) is 44.4 Å². The van der Waals surface area contributed by atoms with Crippen LogP contribution in [0, 0.1) is 19.7 Å². The van der Waals surface area contributed by atoms with E-state index in [1.54, 1.807) is 0 Å². The number of rotatable bonds is 8. The van der Waals surface area contributed by atoms with Gasteiger partial charge in [-0.25, -0.2) is 14.1 Å². The van der Waals surface area contributed by atoms with Gasteiger partial charge in [-0.05, 0) is 85.3 Å². The number of unbranched alkanes of at least 4 members (excludes halogenated alkanes) is 1. The highest BCUT2D eigenvalue weighted by molar-refractivity contribution is 6.09. The minimum absolute atomic E-state index is 0.332. The molecular weight excluding hydrogens is 547 g/mol. The first kappa shape index (κ1) is 27.6. The second-order valence-electron chi connectivity index (χ2n) is 11.3. The zero-order valence-electron chi connectivity index (χ0n) is 25.1. The second-order valence-corrected chi connectivity index (χ2v) is 11.3. The van der Waals surface area contributed by atoms with Crippen molar-refractivity contribution in [3.8, 4) is 34.1 Å². The number of aromatic nitrogens is 4. The largest absolute Gasteiger partial charge is 0.457 e. The Morgan fingerprint density at radius 2 is 1.59 bits per heavy atom. The lowest BCUT2D eigenvalue weighted by molar-refractivity contribution is 0.483. The Hall–Kier alpha value is -5.23. The minimum atomic E-state index is -0.332. The predicted octanol–water partition coefficient (Wildman–Crippen LogP) is 9.92. The molecular formula is C38H33FN4O. The standard InChI is InChI=1S/C38H33FN4O/c1-4-5-9-27-18-25(2)38(26(3)19-27)28-23-41-42(24-28)30-10-8-11-31(21-30)44-32-14-15-34-33-12-6-7-13-35(33)43(36(34)22-32)37-20-29(39)16-17-40-37/h6-8,10-24H,4-5,9H2,1-3H3. The molecule has 0 unspecified atom stereocenters. The van der Waals surface area contributed by atoms with Crippen molar-refractivity contribution in [1.82, 2.24) is 19.3 Å². The number of nitrogens with zero attached hydrogens (tertiary/aromatic N) is 4. The Kier molecular flexibility index (Phi) is 7.18. The summed E-state index contributed by atoms with van der Waals surface area (Å²) >= 11 is 0. The molecule has 0 aliphatic rings. The zero-order valence-corrected chi connectivity index (χ0v) is 25.1. The van der Waals surface area contributed by atoms with Gasteiger partial charge in [-0.2, -0.15) is 5.10 Å². The maximum absolute atomic E-state index is 14.2. The summed E-state index contributed by atoms with van der Waals surface area (Å²) in [6.45, 7) is 6.60. The second kappa shape index (κ2) is 11.5. The van der Waals surface area contributed by atoms with Gasteiger partial charge in [-0.15, -0.1) is 0 Å². The molecule has 0 saturated carbocycles. The van der Waals surface area contributed by atoms with Gasteiger partial charge < -0.3 is 4.74 Å². The average molecular weight is 581 g/mol. The summed E-state index contributed by atoms with van der Waals surface area (Å²) < 4.78 is 24.5. The van der Waals surface area contributed by atoms with Crippen molar-refractivity contribution in [3.63, 3.8) is 0 Å². The maximum Gasteiger partial charge on any atom is 0.140 e. The highest BCUT2D eigenvalue weighted by atomic mass is 19.1. The van der Waals surface area contributed by atoms with Crippen molar-refractivity contribution in [1.29, 1.82) is 0 Å². The summed E-state index contributed by atoms with van der Waals surface area (Å²) in [6.07, 6.45) is 9.01. The summed E-state index contributed by atoms with van der Waals surface area (Å²) in [6, 6.07) is 29.4. The molecule has 0 bridgehead atoms. The van der Waals surface area contributed by atoms with Gasteiger partial charge in [-0.3, -0.25) is 4.57 Å². The van der Waals surface area contributed by atoms with Gasteiger partial charge in [0.25, 0.3) is 0 Å². The summed E-state index contributed by atoms with van der Waals surface area (Å²) in [5.41, 5.74) is 9.02. The number of ether oxygens (including phenoxy) is 1. The van der Waals surface area contributed by atoms with Gasteiger partial charge in [0.15, 0.2) is 0 Å². The lowest BCUT2D eigenvalue weighted by Gasteiger charge is -2.11. The normalized spacial score (nSPS) is 11.5. The van der Waals surface area contributed by atoms with E-state index in [9.17, 15) is 4.39 Å². The molecule has 7 aromatic rings. The Bertz CT molecular complexity index is 2120. The number of halogens is 1. The van der Waals surface area contributed by atoms with Gasteiger partial charge in [-0.1, -0.05) is 49.7 Å². The van der Waals surface area contributed by atoms with E-state index in [2.05, 4.69) is 50.2 Å².